The lowest BCUT2D eigenvalue weighted by Gasteiger charge is -2.27. The first-order chi connectivity index (χ1) is 32.2. The minimum Gasteiger partial charge on any atom is -0.493 e. The summed E-state index contributed by atoms with van der Waals surface area (Å²) in [6.07, 6.45) is 0.241. The Morgan fingerprint density at radius 2 is 1.44 bits per heavy atom. The molecule has 3 aliphatic heterocycles. The van der Waals surface area contributed by atoms with E-state index in [2.05, 4.69) is 21.3 Å². The maximum absolute atomic E-state index is 13.3. The summed E-state index contributed by atoms with van der Waals surface area (Å²) in [6.45, 7) is 2.12. The molecule has 1 saturated heterocycles. The van der Waals surface area contributed by atoms with Gasteiger partial charge in [0.15, 0.2) is 18.1 Å². The molecule has 17 heteroatoms. The molecule has 4 heterocycles. The molecular formula is C49H48N6O11. The van der Waals surface area contributed by atoms with Crippen LogP contribution in [-0.4, -0.2) is 118 Å². The van der Waals surface area contributed by atoms with Gasteiger partial charge in [0.2, 0.25) is 17.7 Å². The number of ether oxygens (including phenoxy) is 5. The van der Waals surface area contributed by atoms with Gasteiger partial charge in [-0.2, -0.15) is 0 Å². The zero-order chi connectivity index (χ0) is 46.0. The van der Waals surface area contributed by atoms with Crippen LogP contribution in [0.2, 0.25) is 0 Å². The Morgan fingerprint density at radius 3 is 2.21 bits per heavy atom. The third-order valence-corrected chi connectivity index (χ3v) is 11.2. The number of hydrogen-bond acceptors (Lipinski definition) is 13. The molecule has 4 aromatic carbocycles. The van der Waals surface area contributed by atoms with Gasteiger partial charge in [-0.05, 0) is 59.5 Å². The second kappa shape index (κ2) is 21.0. The van der Waals surface area contributed by atoms with Crippen molar-refractivity contribution in [1.82, 2.24) is 20.5 Å². The van der Waals surface area contributed by atoms with Gasteiger partial charge in [0.1, 0.15) is 6.04 Å². The van der Waals surface area contributed by atoms with E-state index in [1.807, 2.05) is 66.7 Å². The molecule has 0 bridgehead atoms. The zero-order valence-corrected chi connectivity index (χ0v) is 36.2. The number of pyridine rings is 1. The van der Waals surface area contributed by atoms with Gasteiger partial charge in [0.25, 0.3) is 17.7 Å². The van der Waals surface area contributed by atoms with Crippen LogP contribution < -0.4 is 30.7 Å². The number of piperidine rings is 1. The normalized spacial score (nSPS) is 15.3. The van der Waals surface area contributed by atoms with Crippen LogP contribution in [0.4, 0.5) is 11.4 Å². The van der Waals surface area contributed by atoms with Crippen molar-refractivity contribution in [1.29, 1.82) is 0 Å². The number of carbonyl (C=O) groups is 6. The molecule has 340 valence electrons. The van der Waals surface area contributed by atoms with E-state index < -0.39 is 29.7 Å². The van der Waals surface area contributed by atoms with Crippen molar-refractivity contribution in [2.24, 2.45) is 0 Å². The molecule has 4 N–H and O–H groups in total. The maximum Gasteiger partial charge on any atom is 0.264 e. The quantitative estimate of drug-likeness (QED) is 0.0620. The Morgan fingerprint density at radius 1 is 0.712 bits per heavy atom. The molecule has 8 rings (SSSR count). The van der Waals surface area contributed by atoms with Crippen LogP contribution in [0.3, 0.4) is 0 Å². The van der Waals surface area contributed by atoms with Gasteiger partial charge in [0.05, 0.1) is 81.4 Å². The van der Waals surface area contributed by atoms with Crippen LogP contribution in [0.5, 0.6) is 11.5 Å². The van der Waals surface area contributed by atoms with E-state index in [9.17, 15) is 28.8 Å². The van der Waals surface area contributed by atoms with E-state index in [4.69, 9.17) is 28.7 Å². The monoisotopic (exact) mass is 896 g/mol. The first kappa shape index (κ1) is 45.1. The van der Waals surface area contributed by atoms with Gasteiger partial charge < -0.3 is 39.6 Å². The Labute approximate surface area is 380 Å². The number of aromatic nitrogens is 1. The fraction of sp³-hybridized carbons (Fsp3) is 0.286. The van der Waals surface area contributed by atoms with Crippen LogP contribution in [-0.2, 0) is 39.8 Å². The number of benzene rings is 4. The Kier molecular flexibility index (Phi) is 14.4. The SMILES string of the molecule is COc1ccc(-c2cc(-c3ccccc3)nc3c2CC(=O)Nc2ccccc2-3)cc1OCC(=O)NCCOCCOCCOCCNc1cccc2c1C(=O)N(C1CCC(=O)NC1=O)C2=O. The third kappa shape index (κ3) is 10.2. The standard InChI is InChI=1S/C49H48N6O11/c1-62-40-16-14-31(34-27-38(30-8-3-2-4-9-30)53-46-32-10-5-6-12-36(32)52-43(57)28-35(34)46)26-41(40)66-29-44(58)51-19-21-64-23-25-65-24-22-63-20-18-50-37-13-7-11-33-45(37)49(61)55(48(33)60)39-15-17-42(56)54-47(39)59/h2-14,16,26-27,39,50H,15,17-25,28-29H2,1H3,(H,51,58)(H,52,57)(H,54,56,59). The molecular weight excluding hydrogens is 849 g/mol. The molecule has 0 aliphatic carbocycles. The fourth-order valence-electron chi connectivity index (χ4n) is 8.02. The lowest BCUT2D eigenvalue weighted by atomic mass is 9.92. The van der Waals surface area contributed by atoms with E-state index in [-0.39, 0.29) is 62.0 Å². The average molecular weight is 897 g/mol. The largest absolute Gasteiger partial charge is 0.493 e. The number of fused-ring (bicyclic) bond motifs is 4. The lowest BCUT2D eigenvalue weighted by molar-refractivity contribution is -0.136. The van der Waals surface area contributed by atoms with Gasteiger partial charge in [-0.25, -0.2) is 4.98 Å². The van der Waals surface area contributed by atoms with E-state index in [1.54, 1.807) is 24.3 Å². The van der Waals surface area contributed by atoms with Crippen LogP contribution in [0.1, 0.15) is 39.1 Å². The van der Waals surface area contributed by atoms with Gasteiger partial charge in [-0.15, -0.1) is 0 Å². The molecule has 5 aromatic rings. The Hall–Kier alpha value is -7.47. The summed E-state index contributed by atoms with van der Waals surface area (Å²) < 4.78 is 28.4. The predicted molar refractivity (Wildman–Crippen MR) is 242 cm³/mol. The molecule has 66 heavy (non-hydrogen) atoms. The number of anilines is 2. The van der Waals surface area contributed by atoms with Crippen LogP contribution in [0.25, 0.3) is 33.6 Å². The first-order valence-electron chi connectivity index (χ1n) is 21.6. The summed E-state index contributed by atoms with van der Waals surface area (Å²) in [5.41, 5.74) is 7.06. The van der Waals surface area contributed by atoms with Crippen molar-refractivity contribution >= 4 is 46.8 Å². The van der Waals surface area contributed by atoms with Crippen LogP contribution >= 0.6 is 0 Å². The van der Waals surface area contributed by atoms with Crippen molar-refractivity contribution in [3.8, 4) is 45.1 Å². The van der Waals surface area contributed by atoms with Crippen molar-refractivity contribution in [3.63, 3.8) is 0 Å². The Balaban J connectivity index is 0.749. The fourth-order valence-corrected chi connectivity index (χ4v) is 8.02. The molecule has 3 aliphatic rings. The molecule has 0 spiro atoms. The smallest absolute Gasteiger partial charge is 0.264 e. The summed E-state index contributed by atoms with van der Waals surface area (Å²) in [5, 5.41) is 11.1. The summed E-state index contributed by atoms with van der Waals surface area (Å²) in [5.74, 6) is -1.95. The van der Waals surface area contributed by atoms with E-state index in [0.717, 1.165) is 38.4 Å². The second-order valence-electron chi connectivity index (χ2n) is 15.5. The van der Waals surface area contributed by atoms with Crippen LogP contribution in [0, 0.1) is 0 Å². The number of hydrogen-bond donors (Lipinski definition) is 4. The second-order valence-corrected chi connectivity index (χ2v) is 15.5. The number of imide groups is 2. The highest BCUT2D eigenvalue weighted by Crippen LogP contribution is 2.42. The number of nitrogens with one attached hydrogen (secondary N) is 4. The highest BCUT2D eigenvalue weighted by molar-refractivity contribution is 6.25. The highest BCUT2D eigenvalue weighted by atomic mass is 16.5. The predicted octanol–water partition coefficient (Wildman–Crippen LogP) is 4.64. The van der Waals surface area contributed by atoms with E-state index in [1.165, 1.54) is 13.2 Å². The number of nitrogens with zero attached hydrogens (tertiary/aromatic N) is 2. The van der Waals surface area contributed by atoms with Gasteiger partial charge in [0, 0.05) is 36.3 Å². The third-order valence-electron chi connectivity index (χ3n) is 11.2. The van der Waals surface area contributed by atoms with E-state index >= 15 is 0 Å². The molecule has 6 amide bonds. The molecule has 1 unspecified atom stereocenters. The summed E-state index contributed by atoms with van der Waals surface area (Å²) in [4.78, 5) is 82.2. The number of carbonyl (C=O) groups excluding carboxylic acids is 6. The van der Waals surface area contributed by atoms with Crippen molar-refractivity contribution in [3.05, 3.63) is 114 Å². The van der Waals surface area contributed by atoms with Crippen LogP contribution in [0.15, 0.2) is 97.1 Å². The highest BCUT2D eigenvalue weighted by Gasteiger charge is 2.45. The summed E-state index contributed by atoms with van der Waals surface area (Å²) in [7, 11) is 1.53. The lowest BCUT2D eigenvalue weighted by Crippen LogP contribution is -2.54. The van der Waals surface area contributed by atoms with Crippen molar-refractivity contribution in [2.75, 3.05) is 77.1 Å². The molecule has 1 fully saturated rings. The van der Waals surface area contributed by atoms with Gasteiger partial charge >= 0.3 is 0 Å². The number of methoxy groups -OCH3 is 1. The van der Waals surface area contributed by atoms with Gasteiger partial charge in [-0.3, -0.25) is 39.0 Å². The molecule has 0 saturated carbocycles. The summed E-state index contributed by atoms with van der Waals surface area (Å²) in [6, 6.07) is 28.7. The number of rotatable bonds is 20. The maximum atomic E-state index is 13.3. The number of para-hydroxylation sites is 1. The average Bonchev–Trinajstić information content (AvgIpc) is 3.48. The molecule has 1 aromatic heterocycles. The molecule has 17 nitrogen and oxygen atoms in total. The molecule has 1 atom stereocenters. The Bertz CT molecular complexity index is 2660. The summed E-state index contributed by atoms with van der Waals surface area (Å²) >= 11 is 0. The topological polar surface area (TPSA) is 213 Å². The molecule has 0 radical (unpaired) electrons. The number of amides is 6. The first-order valence-corrected chi connectivity index (χ1v) is 21.6. The zero-order valence-electron chi connectivity index (χ0n) is 36.2. The van der Waals surface area contributed by atoms with Crippen molar-refractivity contribution < 1.29 is 52.5 Å². The minimum atomic E-state index is -1.04. The minimum absolute atomic E-state index is 0.0465. The van der Waals surface area contributed by atoms with Gasteiger partial charge in [-0.1, -0.05) is 60.7 Å². The van der Waals surface area contributed by atoms with E-state index in [0.29, 0.717) is 68.1 Å². The van der Waals surface area contributed by atoms with Crippen molar-refractivity contribution in [2.45, 2.75) is 25.3 Å².